The Morgan fingerprint density at radius 2 is 1.87 bits per heavy atom. The molecular weight excluding hydrogens is 403 g/mol. The van der Waals surface area contributed by atoms with E-state index in [0.717, 1.165) is 18.8 Å². The minimum atomic E-state index is -4.19. The van der Waals surface area contributed by atoms with Gasteiger partial charge in [-0.1, -0.05) is 24.4 Å². The highest BCUT2D eigenvalue weighted by Crippen LogP contribution is 2.37. The van der Waals surface area contributed by atoms with Crippen LogP contribution in [0.2, 0.25) is 0 Å². The van der Waals surface area contributed by atoms with E-state index >= 15 is 0 Å². The summed E-state index contributed by atoms with van der Waals surface area (Å²) in [5.41, 5.74) is 0.853. The Morgan fingerprint density at radius 1 is 1.13 bits per heavy atom. The van der Waals surface area contributed by atoms with Gasteiger partial charge in [-0.3, -0.25) is 10.1 Å². The number of oxime groups is 1. The molecule has 1 aromatic heterocycles. The number of fused-ring (bicyclic) bond motifs is 1. The third-order valence-corrected chi connectivity index (χ3v) is 5.86. The molecule has 2 heterocycles. The number of amides is 1. The number of nitrogens with one attached hydrogen (secondary N) is 2. The molecule has 2 fully saturated rings. The third kappa shape index (κ3) is 4.96. The number of carbonyl (C=O) groups excluding carboxylic acids is 1. The van der Waals surface area contributed by atoms with Gasteiger partial charge in [-0.2, -0.15) is 13.2 Å². The molecule has 10 heteroatoms. The van der Waals surface area contributed by atoms with Crippen molar-refractivity contribution < 1.29 is 27.2 Å². The Bertz CT molecular complexity index is 882. The van der Waals surface area contributed by atoms with E-state index in [2.05, 4.69) is 15.8 Å². The highest BCUT2D eigenvalue weighted by Gasteiger charge is 2.41. The largest absolute Gasteiger partial charge is 0.406 e. The van der Waals surface area contributed by atoms with E-state index in [4.69, 9.17) is 9.25 Å². The zero-order valence-corrected chi connectivity index (χ0v) is 16.4. The maximum atomic E-state index is 12.7. The first-order valence-corrected chi connectivity index (χ1v) is 10.3. The average molecular weight is 427 g/mol. The van der Waals surface area contributed by atoms with E-state index in [0.29, 0.717) is 17.7 Å². The van der Waals surface area contributed by atoms with Gasteiger partial charge in [0.25, 0.3) is 12.3 Å². The minimum Gasteiger partial charge on any atom is -0.406 e. The zero-order valence-electron chi connectivity index (χ0n) is 16.4. The van der Waals surface area contributed by atoms with Crippen molar-refractivity contribution in [3.63, 3.8) is 0 Å². The van der Waals surface area contributed by atoms with Gasteiger partial charge in [-0.15, -0.1) is 0 Å². The van der Waals surface area contributed by atoms with Gasteiger partial charge < -0.3 is 14.6 Å². The van der Waals surface area contributed by atoms with E-state index in [1.54, 1.807) is 0 Å². The van der Waals surface area contributed by atoms with E-state index in [9.17, 15) is 22.8 Å². The number of anilines is 1. The van der Waals surface area contributed by atoms with E-state index in [1.165, 1.54) is 18.9 Å². The molecule has 1 unspecified atom stereocenters. The molecular formula is C20H24F3N3O4. The van der Waals surface area contributed by atoms with Crippen molar-refractivity contribution in [3.05, 3.63) is 27.6 Å². The Kier molecular flexibility index (Phi) is 5.75. The van der Waals surface area contributed by atoms with E-state index < -0.39 is 30.0 Å². The number of hydrogen-bond acceptors (Lipinski definition) is 6. The van der Waals surface area contributed by atoms with Crippen molar-refractivity contribution in [3.8, 4) is 0 Å². The first-order valence-electron chi connectivity index (χ1n) is 10.3. The first kappa shape index (κ1) is 20.7. The van der Waals surface area contributed by atoms with Crippen LogP contribution in [0.4, 0.5) is 19.1 Å². The van der Waals surface area contributed by atoms with Gasteiger partial charge in [0.1, 0.15) is 5.56 Å². The van der Waals surface area contributed by atoms with Gasteiger partial charge in [0.05, 0.1) is 11.6 Å². The smallest absolute Gasteiger partial charge is 0.391 e. The van der Waals surface area contributed by atoms with Crippen LogP contribution >= 0.6 is 0 Å². The van der Waals surface area contributed by atoms with E-state index in [-0.39, 0.29) is 37.1 Å². The predicted molar refractivity (Wildman–Crippen MR) is 102 cm³/mol. The number of halogens is 3. The summed E-state index contributed by atoms with van der Waals surface area (Å²) in [5, 5.41) is 9.28. The van der Waals surface area contributed by atoms with Gasteiger partial charge in [0.2, 0.25) is 5.88 Å². The topological polar surface area (TPSA) is 92.9 Å². The van der Waals surface area contributed by atoms with Crippen LogP contribution < -0.4 is 16.3 Å². The third-order valence-electron chi connectivity index (χ3n) is 5.86. The van der Waals surface area contributed by atoms with Crippen molar-refractivity contribution in [2.45, 2.75) is 70.3 Å². The summed E-state index contributed by atoms with van der Waals surface area (Å²) in [7, 11) is 0. The molecule has 0 aromatic carbocycles. The Hall–Kier alpha value is -2.52. The number of rotatable bonds is 6. The zero-order chi connectivity index (χ0) is 21.3. The lowest BCUT2D eigenvalue weighted by atomic mass is 9.87. The van der Waals surface area contributed by atoms with Gasteiger partial charge in [-0.25, -0.2) is 4.79 Å². The second kappa shape index (κ2) is 8.31. The van der Waals surface area contributed by atoms with Crippen LogP contribution in [-0.2, 0) is 11.3 Å². The lowest BCUT2D eigenvalue weighted by Crippen LogP contribution is -2.47. The molecule has 30 heavy (non-hydrogen) atoms. The fraction of sp³-hybridized carbons (Fsp3) is 0.650. The summed E-state index contributed by atoms with van der Waals surface area (Å²) in [5.74, 6) is -0.974. The van der Waals surface area contributed by atoms with Crippen LogP contribution in [0.1, 0.15) is 67.3 Å². The molecule has 0 radical (unpaired) electrons. The second-order valence-corrected chi connectivity index (χ2v) is 8.21. The summed E-state index contributed by atoms with van der Waals surface area (Å²) in [4.78, 5) is 29.8. The fourth-order valence-corrected chi connectivity index (χ4v) is 3.97. The van der Waals surface area contributed by atoms with Crippen molar-refractivity contribution in [2.75, 3.05) is 5.32 Å². The van der Waals surface area contributed by atoms with Gasteiger partial charge in [0.15, 0.2) is 0 Å². The molecule has 0 bridgehead atoms. The molecule has 4 rings (SSSR count). The quantitative estimate of drug-likeness (QED) is 0.671. The summed E-state index contributed by atoms with van der Waals surface area (Å²) in [6.45, 7) is 0. The molecule has 7 nitrogen and oxygen atoms in total. The van der Waals surface area contributed by atoms with Crippen LogP contribution in [0.25, 0.3) is 0 Å². The standard InChI is InChI=1S/C20H24F3N3O4/c21-20(22,23)13-6-8-14(9-7-13)26-30-19-24-17(28)16-12(3-1-2-11-4-5-11)10-15(27)29-18(16)25-19/h10-11,13,19,25H,1-9H2,(H,24,28). The van der Waals surface area contributed by atoms with Gasteiger partial charge in [0, 0.05) is 6.07 Å². The Labute approximate surface area is 171 Å². The van der Waals surface area contributed by atoms with Crippen molar-refractivity contribution in [1.29, 1.82) is 0 Å². The lowest BCUT2D eigenvalue weighted by Gasteiger charge is -2.27. The molecule has 2 saturated carbocycles. The van der Waals surface area contributed by atoms with Crippen molar-refractivity contribution in [1.82, 2.24) is 5.32 Å². The van der Waals surface area contributed by atoms with Gasteiger partial charge in [-0.05, 0) is 50.0 Å². The van der Waals surface area contributed by atoms with Crippen LogP contribution in [-0.4, -0.2) is 24.1 Å². The molecule has 1 atom stereocenters. The lowest BCUT2D eigenvalue weighted by molar-refractivity contribution is -0.178. The highest BCUT2D eigenvalue weighted by molar-refractivity contribution is 6.01. The minimum absolute atomic E-state index is 0.0265. The molecule has 1 aliphatic heterocycles. The molecule has 0 saturated heterocycles. The van der Waals surface area contributed by atoms with Crippen LogP contribution in [0.5, 0.6) is 0 Å². The summed E-state index contributed by atoms with van der Waals surface area (Å²) in [6.07, 6.45) is 0.104. The average Bonchev–Trinajstić information content (AvgIpc) is 3.50. The van der Waals surface area contributed by atoms with Crippen LogP contribution in [0, 0.1) is 11.8 Å². The Morgan fingerprint density at radius 3 is 2.53 bits per heavy atom. The molecule has 1 aromatic rings. The molecule has 3 aliphatic rings. The number of carbonyl (C=O) groups is 1. The first-order chi connectivity index (χ1) is 14.3. The second-order valence-electron chi connectivity index (χ2n) is 8.21. The van der Waals surface area contributed by atoms with Crippen LogP contribution in [0.3, 0.4) is 0 Å². The van der Waals surface area contributed by atoms with Crippen LogP contribution in [0.15, 0.2) is 20.4 Å². The maximum Gasteiger partial charge on any atom is 0.391 e. The number of hydrogen-bond donors (Lipinski definition) is 2. The molecule has 1 amide bonds. The van der Waals surface area contributed by atoms with E-state index in [1.807, 2.05) is 0 Å². The fourth-order valence-electron chi connectivity index (χ4n) is 3.97. The normalized spacial score (nSPS) is 24.0. The van der Waals surface area contributed by atoms with Crippen molar-refractivity contribution >= 4 is 17.5 Å². The molecule has 2 N–H and O–H groups in total. The highest BCUT2D eigenvalue weighted by atomic mass is 19.4. The SMILES string of the molecule is O=C1NC(ON=C2CCC(C(F)(F)F)CC2)Nc2oc(=O)cc(CCCC3CC3)c21. The summed E-state index contributed by atoms with van der Waals surface area (Å²) < 4.78 is 43.4. The number of alkyl halides is 3. The Balaban J connectivity index is 1.38. The molecule has 2 aliphatic carbocycles. The number of aryl methyl sites for hydroxylation is 1. The number of nitrogens with zero attached hydrogens (tertiary/aromatic N) is 1. The van der Waals surface area contributed by atoms with Gasteiger partial charge >= 0.3 is 11.8 Å². The summed E-state index contributed by atoms with van der Waals surface area (Å²) >= 11 is 0. The monoisotopic (exact) mass is 427 g/mol. The maximum absolute atomic E-state index is 12.7. The molecule has 164 valence electrons. The molecule has 0 spiro atoms. The summed E-state index contributed by atoms with van der Waals surface area (Å²) in [6, 6.07) is 1.34. The predicted octanol–water partition coefficient (Wildman–Crippen LogP) is 3.94. The van der Waals surface area contributed by atoms with Crippen molar-refractivity contribution in [2.24, 2.45) is 17.0 Å².